The minimum absolute atomic E-state index is 0.549. The summed E-state index contributed by atoms with van der Waals surface area (Å²) < 4.78 is 1.48. The molecule has 1 aromatic rings. The maximum atomic E-state index is 2.41. The van der Waals surface area contributed by atoms with Gasteiger partial charge in [-0.15, -0.1) is 0 Å². The van der Waals surface area contributed by atoms with E-state index >= 15 is 0 Å². The number of benzene rings is 1. The molecule has 0 aliphatic carbocycles. The molecule has 15 heavy (non-hydrogen) atoms. The Labute approximate surface area is 106 Å². The van der Waals surface area contributed by atoms with E-state index in [1.54, 1.807) is 0 Å². The van der Waals surface area contributed by atoms with Crippen molar-refractivity contribution in [1.82, 2.24) is 0 Å². The summed E-state index contributed by atoms with van der Waals surface area (Å²) >= 11 is 1.29. The van der Waals surface area contributed by atoms with Gasteiger partial charge in [-0.1, -0.05) is 0 Å². The zero-order valence-electron chi connectivity index (χ0n) is 9.19. The molecule has 0 aliphatic heterocycles. The van der Waals surface area contributed by atoms with Crippen LogP contribution in [0.1, 0.15) is 26.2 Å². The molecule has 0 amide bonds. The summed E-state index contributed by atoms with van der Waals surface area (Å²) in [5.74, 6) is 0. The molecule has 1 aromatic carbocycles. The van der Waals surface area contributed by atoms with Gasteiger partial charge in [0.15, 0.2) is 0 Å². The molecule has 0 unspecified atom stereocenters. The third-order valence-corrected chi connectivity index (χ3v) is 6.34. The van der Waals surface area contributed by atoms with Crippen LogP contribution in [-0.2, 0) is 0 Å². The van der Waals surface area contributed by atoms with Gasteiger partial charge in [-0.3, -0.25) is 0 Å². The number of unbranched alkanes of at least 4 members (excludes halogenated alkanes) is 2. The van der Waals surface area contributed by atoms with E-state index in [0.29, 0.717) is 15.0 Å². The third-order valence-electron chi connectivity index (χ3n) is 1.96. The Balaban J connectivity index is 2.07. The molecule has 0 saturated carbocycles. The Hall–Kier alpha value is -0.00104. The van der Waals surface area contributed by atoms with Crippen molar-refractivity contribution in [2.45, 2.75) is 31.5 Å². The summed E-state index contributed by atoms with van der Waals surface area (Å²) in [6.07, 6.45) is 4.16. The van der Waals surface area contributed by atoms with Crippen molar-refractivity contribution in [3.05, 3.63) is 40.3 Å². The van der Waals surface area contributed by atoms with Crippen molar-refractivity contribution < 1.29 is 0 Å². The van der Waals surface area contributed by atoms with Gasteiger partial charge in [0, 0.05) is 0 Å². The summed E-state index contributed by atoms with van der Waals surface area (Å²) in [5, 5.41) is 1.42. The van der Waals surface area contributed by atoms with Crippen LogP contribution in [0.25, 0.3) is 0 Å². The van der Waals surface area contributed by atoms with Crippen LogP contribution in [-0.4, -0.2) is 29.9 Å². The van der Waals surface area contributed by atoms with Gasteiger partial charge in [-0.2, -0.15) is 0 Å². The fourth-order valence-corrected chi connectivity index (χ4v) is 4.94. The molecule has 0 nitrogen and oxygen atoms in total. The van der Waals surface area contributed by atoms with Crippen LogP contribution < -0.4 is 4.46 Å². The predicted molar refractivity (Wildman–Crippen MR) is 71.1 cm³/mol. The molecule has 0 radical (unpaired) electrons. The molecule has 0 spiro atoms. The number of hydrogen-bond acceptors (Lipinski definition) is 0. The quantitative estimate of drug-likeness (QED) is 0.532. The summed E-state index contributed by atoms with van der Waals surface area (Å²) in [5.41, 5.74) is 0. The molecule has 0 aliphatic rings. The number of rotatable bonds is 7. The van der Waals surface area contributed by atoms with E-state index in [9.17, 15) is 0 Å². The third kappa shape index (κ3) is 6.97. The van der Waals surface area contributed by atoms with E-state index in [1.807, 2.05) is 0 Å². The van der Waals surface area contributed by atoms with Gasteiger partial charge in [0.1, 0.15) is 0 Å². The van der Waals surface area contributed by atoms with Gasteiger partial charge in [-0.05, 0) is 0 Å². The molecule has 0 atom stereocenters. The second-order valence-corrected chi connectivity index (χ2v) is 7.46. The first-order valence-corrected chi connectivity index (χ1v) is 9.46. The Bertz CT molecular complexity index is 267. The molecule has 0 bridgehead atoms. The summed E-state index contributed by atoms with van der Waals surface area (Å²) in [6, 6.07) is 10.8. The molecular formula is C13H18Se2. The molecule has 82 valence electrons. The van der Waals surface area contributed by atoms with E-state index in [1.165, 1.54) is 29.0 Å². The van der Waals surface area contributed by atoms with Crippen molar-refractivity contribution >= 4 is 34.4 Å². The first-order valence-electron chi connectivity index (χ1n) is 5.42. The standard InChI is InChI=1S/C13H18Se2/c1-2-3-7-10-14-11-12-15-13-8-5-4-6-9-13/h4-6,8-9,11-12H,2-3,7,10H2,1H3/b12-11-. The molecule has 2 heteroatoms. The van der Waals surface area contributed by atoms with Crippen molar-refractivity contribution in [3.8, 4) is 0 Å². The maximum absolute atomic E-state index is 2.41. The Morgan fingerprint density at radius 2 is 1.87 bits per heavy atom. The van der Waals surface area contributed by atoms with Crippen LogP contribution in [0.15, 0.2) is 40.3 Å². The fourth-order valence-electron chi connectivity index (χ4n) is 1.15. The van der Waals surface area contributed by atoms with Gasteiger partial charge < -0.3 is 0 Å². The van der Waals surface area contributed by atoms with E-state index in [4.69, 9.17) is 0 Å². The molecule has 0 heterocycles. The topological polar surface area (TPSA) is 0 Å². The van der Waals surface area contributed by atoms with Crippen molar-refractivity contribution in [3.63, 3.8) is 0 Å². The SMILES string of the molecule is CCCCC[Se]/C=C\[Se]c1ccccc1. The Morgan fingerprint density at radius 3 is 2.60 bits per heavy atom. The van der Waals surface area contributed by atoms with Crippen molar-refractivity contribution in [2.24, 2.45) is 0 Å². The monoisotopic (exact) mass is 334 g/mol. The van der Waals surface area contributed by atoms with E-state index in [0.717, 1.165) is 15.0 Å². The summed E-state index contributed by atoms with van der Waals surface area (Å²) in [7, 11) is 0. The average Bonchev–Trinajstić information content (AvgIpc) is 2.29. The van der Waals surface area contributed by atoms with E-state index in [-0.39, 0.29) is 0 Å². The van der Waals surface area contributed by atoms with Gasteiger partial charge in [-0.25, -0.2) is 0 Å². The zero-order valence-corrected chi connectivity index (χ0v) is 12.6. The van der Waals surface area contributed by atoms with E-state index in [2.05, 4.69) is 47.2 Å². The van der Waals surface area contributed by atoms with Crippen LogP contribution in [0.3, 0.4) is 0 Å². The molecule has 0 fully saturated rings. The van der Waals surface area contributed by atoms with Crippen LogP contribution >= 0.6 is 0 Å². The van der Waals surface area contributed by atoms with Gasteiger partial charge in [0.2, 0.25) is 0 Å². The fraction of sp³-hybridized carbons (Fsp3) is 0.385. The van der Waals surface area contributed by atoms with Crippen LogP contribution in [0, 0.1) is 0 Å². The van der Waals surface area contributed by atoms with E-state index < -0.39 is 0 Å². The second-order valence-electron chi connectivity index (χ2n) is 3.28. The normalized spacial score (nSPS) is 11.0. The first kappa shape index (κ1) is 13.1. The molecule has 0 saturated heterocycles. The first-order chi connectivity index (χ1) is 7.43. The summed E-state index contributed by atoms with van der Waals surface area (Å²) in [4.78, 5) is 4.80. The minimum atomic E-state index is 0.549. The van der Waals surface area contributed by atoms with Crippen LogP contribution in [0.4, 0.5) is 0 Å². The number of hydrogen-bond donors (Lipinski definition) is 0. The molecule has 1 rings (SSSR count). The Morgan fingerprint density at radius 1 is 1.07 bits per heavy atom. The average molecular weight is 332 g/mol. The molecule has 0 N–H and O–H groups in total. The Kier molecular flexibility index (Phi) is 8.05. The van der Waals surface area contributed by atoms with Crippen LogP contribution in [0.2, 0.25) is 5.32 Å². The zero-order chi connectivity index (χ0) is 10.8. The second kappa shape index (κ2) is 9.24. The predicted octanol–water partition coefficient (Wildman–Crippen LogP) is 2.80. The van der Waals surface area contributed by atoms with Crippen LogP contribution in [0.5, 0.6) is 0 Å². The van der Waals surface area contributed by atoms with Gasteiger partial charge in [0.05, 0.1) is 0 Å². The summed E-state index contributed by atoms with van der Waals surface area (Å²) in [6.45, 7) is 2.27. The van der Waals surface area contributed by atoms with Crippen molar-refractivity contribution in [1.29, 1.82) is 0 Å². The molecule has 0 aromatic heterocycles. The molecular weight excluding hydrogens is 314 g/mol. The van der Waals surface area contributed by atoms with Gasteiger partial charge in [0.25, 0.3) is 0 Å². The van der Waals surface area contributed by atoms with Gasteiger partial charge >= 0.3 is 106 Å². The van der Waals surface area contributed by atoms with Crippen molar-refractivity contribution in [2.75, 3.05) is 0 Å².